The Labute approximate surface area is 153 Å². The zero-order valence-corrected chi connectivity index (χ0v) is 14.8. The van der Waals surface area contributed by atoms with Crippen molar-refractivity contribution in [1.82, 2.24) is 9.38 Å². The maximum Gasteiger partial charge on any atom is 0.342 e. The molecule has 0 bridgehead atoms. The van der Waals surface area contributed by atoms with Crippen molar-refractivity contribution in [3.05, 3.63) is 69.2 Å². The number of fused-ring (bicyclic) bond motifs is 1. The molecule has 134 valence electrons. The van der Waals surface area contributed by atoms with Crippen molar-refractivity contribution < 1.29 is 19.0 Å². The van der Waals surface area contributed by atoms with Gasteiger partial charge < -0.3 is 14.2 Å². The van der Waals surface area contributed by atoms with Crippen LogP contribution in [0.15, 0.2) is 47.4 Å². The molecule has 3 rings (SSSR count). The largest absolute Gasteiger partial charge is 0.497 e. The van der Waals surface area contributed by atoms with E-state index in [9.17, 15) is 9.59 Å². The summed E-state index contributed by atoms with van der Waals surface area (Å²) >= 11 is 5.87. The fourth-order valence-corrected chi connectivity index (χ4v) is 2.55. The van der Waals surface area contributed by atoms with Crippen molar-refractivity contribution in [3.8, 4) is 11.5 Å². The zero-order chi connectivity index (χ0) is 18.7. The van der Waals surface area contributed by atoms with Crippen LogP contribution >= 0.6 is 11.6 Å². The first-order valence-electron chi connectivity index (χ1n) is 7.59. The Morgan fingerprint density at radius 1 is 1.15 bits per heavy atom. The molecule has 1 aromatic carbocycles. The summed E-state index contributed by atoms with van der Waals surface area (Å²) in [7, 11) is 2.96. The number of pyridine rings is 1. The van der Waals surface area contributed by atoms with Gasteiger partial charge >= 0.3 is 5.97 Å². The lowest BCUT2D eigenvalue weighted by Gasteiger charge is -2.10. The minimum absolute atomic E-state index is 0.150. The van der Waals surface area contributed by atoms with Crippen molar-refractivity contribution in [2.45, 2.75) is 6.61 Å². The third kappa shape index (κ3) is 3.62. The molecule has 0 N–H and O–H groups in total. The number of benzene rings is 1. The smallest absolute Gasteiger partial charge is 0.342 e. The topological polar surface area (TPSA) is 79.1 Å². The fraction of sp³-hybridized carbons (Fsp3) is 0.167. The maximum atomic E-state index is 12.3. The van der Waals surface area contributed by atoms with E-state index in [1.54, 1.807) is 30.3 Å². The Kier molecular flexibility index (Phi) is 5.09. The highest BCUT2D eigenvalue weighted by Crippen LogP contribution is 2.25. The minimum Gasteiger partial charge on any atom is -0.497 e. The number of hydrogen-bond donors (Lipinski definition) is 0. The molecule has 0 aliphatic heterocycles. The van der Waals surface area contributed by atoms with Crippen LogP contribution in [0.5, 0.6) is 11.5 Å². The van der Waals surface area contributed by atoms with E-state index >= 15 is 0 Å². The Bertz CT molecular complexity index is 1030. The van der Waals surface area contributed by atoms with E-state index < -0.39 is 5.97 Å². The third-order valence-electron chi connectivity index (χ3n) is 3.66. The lowest BCUT2D eigenvalue weighted by atomic mass is 10.2. The Hall–Kier alpha value is -3.06. The number of nitrogens with zero attached hydrogens (tertiary/aromatic N) is 2. The van der Waals surface area contributed by atoms with E-state index in [0.29, 0.717) is 27.9 Å². The number of hydrogen-bond acceptors (Lipinski definition) is 6. The maximum absolute atomic E-state index is 12.3. The van der Waals surface area contributed by atoms with Gasteiger partial charge in [0.05, 0.1) is 24.9 Å². The van der Waals surface area contributed by atoms with Gasteiger partial charge in [0.1, 0.15) is 29.3 Å². The molecular weight excluding hydrogens is 360 g/mol. The molecule has 2 aromatic heterocycles. The van der Waals surface area contributed by atoms with Gasteiger partial charge in [-0.1, -0.05) is 11.6 Å². The molecule has 7 nitrogen and oxygen atoms in total. The van der Waals surface area contributed by atoms with Crippen molar-refractivity contribution in [2.75, 3.05) is 14.2 Å². The van der Waals surface area contributed by atoms with E-state index in [0.717, 1.165) is 0 Å². The van der Waals surface area contributed by atoms with Gasteiger partial charge in [-0.05, 0) is 24.3 Å². The molecule has 2 heterocycles. The molecule has 0 fully saturated rings. The number of halogens is 1. The normalized spacial score (nSPS) is 10.6. The van der Waals surface area contributed by atoms with Crippen LogP contribution < -0.4 is 15.0 Å². The van der Waals surface area contributed by atoms with E-state index in [4.69, 9.17) is 25.8 Å². The highest BCUT2D eigenvalue weighted by Gasteiger charge is 2.15. The monoisotopic (exact) mass is 374 g/mol. The minimum atomic E-state index is -0.595. The lowest BCUT2D eigenvalue weighted by molar-refractivity contribution is 0.0464. The average Bonchev–Trinajstić information content (AvgIpc) is 2.66. The molecule has 0 aliphatic carbocycles. The Balaban J connectivity index is 1.81. The van der Waals surface area contributed by atoms with Crippen LogP contribution in [0, 0.1) is 0 Å². The van der Waals surface area contributed by atoms with Crippen molar-refractivity contribution >= 4 is 23.2 Å². The molecular formula is C18H15ClN2O5. The summed E-state index contributed by atoms with van der Waals surface area (Å²) < 4.78 is 16.9. The first-order valence-corrected chi connectivity index (χ1v) is 7.96. The van der Waals surface area contributed by atoms with E-state index in [1.807, 2.05) is 0 Å². The first-order chi connectivity index (χ1) is 12.5. The lowest BCUT2D eigenvalue weighted by Crippen LogP contribution is -2.16. The van der Waals surface area contributed by atoms with Gasteiger partial charge in [-0.15, -0.1) is 0 Å². The molecule has 3 aromatic rings. The summed E-state index contributed by atoms with van der Waals surface area (Å²) in [6.45, 7) is -0.150. The predicted octanol–water partition coefficient (Wildman–Crippen LogP) is 2.72. The molecule has 0 saturated heterocycles. The van der Waals surface area contributed by atoms with E-state index in [2.05, 4.69) is 4.98 Å². The van der Waals surface area contributed by atoms with Crippen LogP contribution in [-0.2, 0) is 11.3 Å². The standard InChI is InChI=1S/C18H15ClN2O5/c1-24-13-4-5-14(15(8-13)25-2)18(23)26-10-12-7-17(22)21-9-11(19)3-6-16(21)20-12/h3-9H,10H2,1-2H3. The van der Waals surface area contributed by atoms with Crippen LogP contribution in [0.25, 0.3) is 5.65 Å². The summed E-state index contributed by atoms with van der Waals surface area (Å²) in [5.74, 6) is 0.291. The molecule has 26 heavy (non-hydrogen) atoms. The molecule has 0 saturated carbocycles. The Morgan fingerprint density at radius 2 is 1.96 bits per heavy atom. The SMILES string of the molecule is COc1ccc(C(=O)OCc2cc(=O)n3cc(Cl)ccc3n2)c(OC)c1. The highest BCUT2D eigenvalue weighted by atomic mass is 35.5. The zero-order valence-electron chi connectivity index (χ0n) is 14.1. The van der Waals surface area contributed by atoms with Gasteiger partial charge in [0, 0.05) is 18.3 Å². The number of methoxy groups -OCH3 is 2. The first kappa shape index (κ1) is 17.8. The number of esters is 1. The van der Waals surface area contributed by atoms with Crippen LogP contribution in [-0.4, -0.2) is 29.6 Å². The van der Waals surface area contributed by atoms with Crippen LogP contribution in [0.1, 0.15) is 16.1 Å². The molecule has 0 unspecified atom stereocenters. The molecule has 0 radical (unpaired) electrons. The van der Waals surface area contributed by atoms with Crippen LogP contribution in [0.3, 0.4) is 0 Å². The van der Waals surface area contributed by atoms with Crippen LogP contribution in [0.4, 0.5) is 0 Å². The van der Waals surface area contributed by atoms with Gasteiger partial charge in [0.15, 0.2) is 0 Å². The van der Waals surface area contributed by atoms with Gasteiger partial charge in [0.25, 0.3) is 5.56 Å². The van der Waals surface area contributed by atoms with Crippen molar-refractivity contribution in [3.63, 3.8) is 0 Å². The summed E-state index contributed by atoms with van der Waals surface area (Å²) in [6.07, 6.45) is 1.48. The van der Waals surface area contributed by atoms with E-state index in [-0.39, 0.29) is 17.7 Å². The van der Waals surface area contributed by atoms with Crippen molar-refractivity contribution in [1.29, 1.82) is 0 Å². The summed E-state index contributed by atoms with van der Waals surface area (Å²) in [5, 5.41) is 0.423. The molecule has 0 spiro atoms. The van der Waals surface area contributed by atoms with E-state index in [1.165, 1.54) is 30.9 Å². The number of ether oxygens (including phenoxy) is 3. The van der Waals surface area contributed by atoms with Gasteiger partial charge in [-0.2, -0.15) is 0 Å². The molecule has 0 atom stereocenters. The highest BCUT2D eigenvalue weighted by molar-refractivity contribution is 6.30. The van der Waals surface area contributed by atoms with Crippen molar-refractivity contribution in [2.24, 2.45) is 0 Å². The average molecular weight is 375 g/mol. The third-order valence-corrected chi connectivity index (χ3v) is 3.88. The Morgan fingerprint density at radius 3 is 2.69 bits per heavy atom. The quantitative estimate of drug-likeness (QED) is 0.639. The molecule has 0 amide bonds. The number of carbonyl (C=O) groups excluding carboxylic acids is 1. The fourth-order valence-electron chi connectivity index (χ4n) is 2.38. The number of carbonyl (C=O) groups is 1. The second kappa shape index (κ2) is 7.45. The van der Waals surface area contributed by atoms with Crippen LogP contribution in [0.2, 0.25) is 5.02 Å². The second-order valence-corrected chi connectivity index (χ2v) is 5.74. The second-order valence-electron chi connectivity index (χ2n) is 5.30. The van der Waals surface area contributed by atoms with Gasteiger partial charge in [0.2, 0.25) is 0 Å². The number of aromatic nitrogens is 2. The molecule has 8 heteroatoms. The number of rotatable bonds is 5. The predicted molar refractivity (Wildman–Crippen MR) is 95.1 cm³/mol. The molecule has 0 aliphatic rings. The summed E-state index contributed by atoms with van der Waals surface area (Å²) in [4.78, 5) is 28.7. The van der Waals surface area contributed by atoms with Gasteiger partial charge in [-0.3, -0.25) is 9.20 Å². The van der Waals surface area contributed by atoms with Gasteiger partial charge in [-0.25, -0.2) is 9.78 Å². The summed E-state index contributed by atoms with van der Waals surface area (Å²) in [5.41, 5.74) is 0.677. The summed E-state index contributed by atoms with van der Waals surface area (Å²) in [6, 6.07) is 9.29.